The molecule has 0 amide bonds. The minimum Gasteiger partial charge on any atom is -0.0856 e. The highest BCUT2D eigenvalue weighted by Crippen LogP contribution is 2.31. The van der Waals surface area contributed by atoms with Gasteiger partial charge in [-0.05, 0) is 19.8 Å². The summed E-state index contributed by atoms with van der Waals surface area (Å²) in [4.78, 5) is 0. The van der Waals surface area contributed by atoms with E-state index in [1.807, 2.05) is 0 Å². The van der Waals surface area contributed by atoms with Crippen molar-refractivity contribution in [2.24, 2.45) is 0 Å². The van der Waals surface area contributed by atoms with E-state index in [4.69, 9.17) is 0 Å². The predicted molar refractivity (Wildman–Crippen MR) is 82.0 cm³/mol. The Balaban J connectivity index is 2.22. The highest BCUT2D eigenvalue weighted by atomic mass is 79.9. The molecule has 0 heterocycles. The Morgan fingerprint density at radius 1 is 0.529 bits per heavy atom. The summed E-state index contributed by atoms with van der Waals surface area (Å²) in [5.41, 5.74) is 0. The first-order valence-corrected chi connectivity index (χ1v) is 8.69. The van der Waals surface area contributed by atoms with Crippen LogP contribution in [0.4, 0.5) is 0 Å². The van der Waals surface area contributed by atoms with Crippen LogP contribution in [-0.2, 0) is 0 Å². The van der Waals surface area contributed by atoms with Crippen molar-refractivity contribution in [3.63, 3.8) is 0 Å². The number of hydrogen-bond acceptors (Lipinski definition) is 0. The van der Waals surface area contributed by atoms with E-state index in [1.54, 1.807) is 0 Å². The molecule has 1 aliphatic carbocycles. The average molecular weight is 303 g/mol. The standard InChI is InChI=1S/C16H31Br/c1-16(17)14-12-10-8-6-4-2-3-5-7-9-11-13-15-16/h2-15H2,1H3. The molecule has 0 saturated heterocycles. The van der Waals surface area contributed by atoms with Gasteiger partial charge in [0.2, 0.25) is 0 Å². The van der Waals surface area contributed by atoms with Gasteiger partial charge in [-0.1, -0.05) is 93.0 Å². The van der Waals surface area contributed by atoms with E-state index < -0.39 is 0 Å². The molecule has 0 N–H and O–H groups in total. The van der Waals surface area contributed by atoms with Crippen molar-refractivity contribution in [3.8, 4) is 0 Å². The maximum atomic E-state index is 3.93. The average Bonchev–Trinajstić information content (AvgIpc) is 2.29. The molecule has 0 aromatic carbocycles. The van der Waals surface area contributed by atoms with E-state index in [2.05, 4.69) is 22.9 Å². The van der Waals surface area contributed by atoms with Gasteiger partial charge >= 0.3 is 0 Å². The SMILES string of the molecule is CC1(Br)CCCCCCCCCCCCCC1. The van der Waals surface area contributed by atoms with Gasteiger partial charge in [-0.3, -0.25) is 0 Å². The molecule has 0 bridgehead atoms. The molecular formula is C16H31Br. The second kappa shape index (κ2) is 9.42. The third-order valence-corrected chi connectivity index (χ3v) is 4.94. The highest BCUT2D eigenvalue weighted by molar-refractivity contribution is 9.10. The van der Waals surface area contributed by atoms with Gasteiger partial charge in [-0.2, -0.15) is 0 Å². The van der Waals surface area contributed by atoms with Crippen LogP contribution in [0.5, 0.6) is 0 Å². The molecule has 0 atom stereocenters. The van der Waals surface area contributed by atoms with Crippen molar-refractivity contribution in [1.82, 2.24) is 0 Å². The molecule has 0 radical (unpaired) electrons. The summed E-state index contributed by atoms with van der Waals surface area (Å²) in [6, 6.07) is 0. The normalized spacial score (nSPS) is 25.8. The Labute approximate surface area is 117 Å². The number of hydrogen-bond donors (Lipinski definition) is 0. The van der Waals surface area contributed by atoms with Crippen LogP contribution in [-0.4, -0.2) is 4.32 Å². The summed E-state index contributed by atoms with van der Waals surface area (Å²) >= 11 is 3.93. The third kappa shape index (κ3) is 9.11. The van der Waals surface area contributed by atoms with E-state index in [1.165, 1.54) is 89.9 Å². The van der Waals surface area contributed by atoms with E-state index in [0.717, 1.165) is 0 Å². The zero-order valence-corrected chi connectivity index (χ0v) is 13.4. The third-order valence-electron chi connectivity index (χ3n) is 4.15. The summed E-state index contributed by atoms with van der Waals surface area (Å²) in [5.74, 6) is 0. The van der Waals surface area contributed by atoms with E-state index >= 15 is 0 Å². The van der Waals surface area contributed by atoms with Crippen molar-refractivity contribution in [3.05, 3.63) is 0 Å². The van der Waals surface area contributed by atoms with Gasteiger partial charge in [-0.15, -0.1) is 0 Å². The minimum absolute atomic E-state index is 0.424. The summed E-state index contributed by atoms with van der Waals surface area (Å²) < 4.78 is 0.424. The Morgan fingerprint density at radius 2 is 0.765 bits per heavy atom. The van der Waals surface area contributed by atoms with Crippen LogP contribution in [0.25, 0.3) is 0 Å². The second-order valence-electron chi connectivity index (χ2n) is 6.16. The van der Waals surface area contributed by atoms with Crippen molar-refractivity contribution in [2.75, 3.05) is 0 Å². The lowest BCUT2D eigenvalue weighted by Gasteiger charge is -2.22. The first-order valence-electron chi connectivity index (χ1n) is 7.90. The van der Waals surface area contributed by atoms with Crippen LogP contribution in [0.2, 0.25) is 0 Å². The molecule has 0 aromatic heterocycles. The summed E-state index contributed by atoms with van der Waals surface area (Å²) in [7, 11) is 0. The Hall–Kier alpha value is 0.480. The molecule has 1 rings (SSSR count). The first-order chi connectivity index (χ1) is 8.21. The lowest BCUT2D eigenvalue weighted by atomic mass is 9.96. The zero-order valence-electron chi connectivity index (χ0n) is 11.8. The topological polar surface area (TPSA) is 0 Å². The molecule has 1 saturated carbocycles. The zero-order chi connectivity index (χ0) is 12.4. The molecule has 0 unspecified atom stereocenters. The minimum atomic E-state index is 0.424. The maximum Gasteiger partial charge on any atom is 0.0229 e. The maximum absolute atomic E-state index is 3.93. The summed E-state index contributed by atoms with van der Waals surface area (Å²) in [6.45, 7) is 2.39. The Kier molecular flexibility index (Phi) is 8.61. The monoisotopic (exact) mass is 302 g/mol. The predicted octanol–water partition coefficient (Wildman–Crippen LogP) is 6.62. The number of halogens is 1. The second-order valence-corrected chi connectivity index (χ2v) is 8.07. The fourth-order valence-electron chi connectivity index (χ4n) is 2.88. The van der Waals surface area contributed by atoms with Crippen LogP contribution in [0.1, 0.15) is 96.8 Å². The first kappa shape index (κ1) is 15.5. The van der Waals surface area contributed by atoms with Crippen molar-refractivity contribution >= 4 is 15.9 Å². The van der Waals surface area contributed by atoms with Crippen molar-refractivity contribution in [2.45, 2.75) is 101 Å². The molecule has 17 heavy (non-hydrogen) atoms. The molecule has 0 aromatic rings. The smallest absolute Gasteiger partial charge is 0.0229 e. The summed E-state index contributed by atoms with van der Waals surface area (Å²) in [5, 5.41) is 0. The molecule has 1 aliphatic rings. The van der Waals surface area contributed by atoms with E-state index in [-0.39, 0.29) is 0 Å². The van der Waals surface area contributed by atoms with E-state index in [0.29, 0.717) is 4.32 Å². The van der Waals surface area contributed by atoms with Crippen LogP contribution in [0.3, 0.4) is 0 Å². The quantitative estimate of drug-likeness (QED) is 0.441. The van der Waals surface area contributed by atoms with Crippen molar-refractivity contribution in [1.29, 1.82) is 0 Å². The molecule has 0 spiro atoms. The molecule has 1 heteroatoms. The van der Waals surface area contributed by atoms with Crippen LogP contribution >= 0.6 is 15.9 Å². The Morgan fingerprint density at radius 3 is 1.06 bits per heavy atom. The van der Waals surface area contributed by atoms with Crippen LogP contribution in [0.15, 0.2) is 0 Å². The lowest BCUT2D eigenvalue weighted by Crippen LogP contribution is -2.15. The fourth-order valence-corrected chi connectivity index (χ4v) is 3.44. The molecule has 102 valence electrons. The number of alkyl halides is 1. The molecular weight excluding hydrogens is 272 g/mol. The highest BCUT2D eigenvalue weighted by Gasteiger charge is 2.18. The van der Waals surface area contributed by atoms with Gasteiger partial charge in [0.05, 0.1) is 0 Å². The summed E-state index contributed by atoms with van der Waals surface area (Å²) in [6.07, 6.45) is 20.2. The lowest BCUT2D eigenvalue weighted by molar-refractivity contribution is 0.479. The van der Waals surface area contributed by atoms with Crippen molar-refractivity contribution < 1.29 is 0 Å². The van der Waals surface area contributed by atoms with Gasteiger partial charge in [0.25, 0.3) is 0 Å². The van der Waals surface area contributed by atoms with Crippen LogP contribution in [0, 0.1) is 0 Å². The van der Waals surface area contributed by atoms with Crippen LogP contribution < -0.4 is 0 Å². The van der Waals surface area contributed by atoms with Gasteiger partial charge < -0.3 is 0 Å². The van der Waals surface area contributed by atoms with Gasteiger partial charge in [0.1, 0.15) is 0 Å². The molecule has 1 fully saturated rings. The Bertz CT molecular complexity index is 156. The van der Waals surface area contributed by atoms with E-state index in [9.17, 15) is 0 Å². The number of rotatable bonds is 0. The molecule has 0 nitrogen and oxygen atoms in total. The van der Waals surface area contributed by atoms with Gasteiger partial charge in [-0.25, -0.2) is 0 Å². The fraction of sp³-hybridized carbons (Fsp3) is 1.00. The largest absolute Gasteiger partial charge is 0.0856 e. The van der Waals surface area contributed by atoms with Gasteiger partial charge in [0, 0.05) is 4.32 Å². The molecule has 0 aliphatic heterocycles. The van der Waals surface area contributed by atoms with Gasteiger partial charge in [0.15, 0.2) is 0 Å².